The van der Waals surface area contributed by atoms with Gasteiger partial charge in [0.25, 0.3) is 0 Å². The highest BCUT2D eigenvalue weighted by Gasteiger charge is 2.33. The van der Waals surface area contributed by atoms with Crippen molar-refractivity contribution in [3.05, 3.63) is 70.2 Å². The number of hydrogen-bond donors (Lipinski definition) is 3. The van der Waals surface area contributed by atoms with Gasteiger partial charge in [-0.1, -0.05) is 61.8 Å². The van der Waals surface area contributed by atoms with Crippen LogP contribution in [0.4, 0.5) is 0 Å². The van der Waals surface area contributed by atoms with Crippen LogP contribution in [0.1, 0.15) is 55.8 Å². The van der Waals surface area contributed by atoms with Gasteiger partial charge in [-0.25, -0.2) is 10.0 Å². The number of benzene rings is 2. The predicted octanol–water partition coefficient (Wildman–Crippen LogP) is 3.41. The summed E-state index contributed by atoms with van der Waals surface area (Å²) in [7, 11) is 0. The molecule has 5 rings (SSSR count). The van der Waals surface area contributed by atoms with Crippen molar-refractivity contribution in [3.63, 3.8) is 0 Å². The van der Waals surface area contributed by atoms with Crippen molar-refractivity contribution in [2.24, 2.45) is 5.92 Å². The van der Waals surface area contributed by atoms with E-state index in [2.05, 4.69) is 58.0 Å². The molecule has 3 aliphatic rings. The van der Waals surface area contributed by atoms with E-state index in [4.69, 9.17) is 11.6 Å². The van der Waals surface area contributed by atoms with E-state index < -0.39 is 6.04 Å². The van der Waals surface area contributed by atoms with Crippen LogP contribution in [-0.4, -0.2) is 91.2 Å². The van der Waals surface area contributed by atoms with Gasteiger partial charge in [0.05, 0.1) is 0 Å². The monoisotopic (exact) mass is 594 g/mol. The van der Waals surface area contributed by atoms with Crippen LogP contribution in [0, 0.1) is 5.92 Å². The molecular weight excluding hydrogens is 548 g/mol. The molecular formula is C33H47ClN6O2. The Balaban J connectivity index is 1.24. The summed E-state index contributed by atoms with van der Waals surface area (Å²) in [5.74, 6) is 0.459. The smallest absolute Gasteiger partial charge is 0.245 e. The lowest BCUT2D eigenvalue weighted by Crippen LogP contribution is -2.61. The topological polar surface area (TPSA) is 80.0 Å². The van der Waals surface area contributed by atoms with E-state index in [0.29, 0.717) is 42.9 Å². The third kappa shape index (κ3) is 8.11. The molecule has 0 saturated carbocycles. The first-order valence-corrected chi connectivity index (χ1v) is 16.1. The highest BCUT2D eigenvalue weighted by atomic mass is 35.5. The second-order valence-corrected chi connectivity index (χ2v) is 12.8. The molecule has 2 fully saturated rings. The van der Waals surface area contributed by atoms with Crippen LogP contribution >= 0.6 is 11.6 Å². The molecule has 8 nitrogen and oxygen atoms in total. The van der Waals surface area contributed by atoms with E-state index in [1.807, 2.05) is 35.2 Å². The Morgan fingerprint density at radius 2 is 1.71 bits per heavy atom. The van der Waals surface area contributed by atoms with Gasteiger partial charge in [-0.2, -0.15) is 0 Å². The van der Waals surface area contributed by atoms with Gasteiger partial charge >= 0.3 is 0 Å². The van der Waals surface area contributed by atoms with Crippen molar-refractivity contribution in [2.75, 3.05) is 52.4 Å². The quantitative estimate of drug-likeness (QED) is 0.391. The highest BCUT2D eigenvalue weighted by Crippen LogP contribution is 2.25. The minimum absolute atomic E-state index is 0.00719. The van der Waals surface area contributed by atoms with Gasteiger partial charge in [-0.15, -0.1) is 0 Å². The summed E-state index contributed by atoms with van der Waals surface area (Å²) >= 11 is 6.13. The van der Waals surface area contributed by atoms with Gasteiger partial charge in [0.1, 0.15) is 6.04 Å². The maximum Gasteiger partial charge on any atom is 0.245 e. The normalized spacial score (nSPS) is 20.9. The number of amides is 2. The van der Waals surface area contributed by atoms with Gasteiger partial charge in [-0.05, 0) is 73.6 Å². The fraction of sp³-hybridized carbons (Fsp3) is 0.576. The number of carbonyl (C=O) groups excluding carboxylic acids is 2. The summed E-state index contributed by atoms with van der Waals surface area (Å²) in [5.41, 5.74) is 3.44. The summed E-state index contributed by atoms with van der Waals surface area (Å²) in [5, 5.41) is 15.8. The summed E-state index contributed by atoms with van der Waals surface area (Å²) in [6, 6.07) is 15.7. The Bertz CT molecular complexity index is 1180. The number of hydrazine groups is 1. The molecule has 0 spiro atoms. The van der Waals surface area contributed by atoms with E-state index in [0.717, 1.165) is 64.1 Å². The maximum atomic E-state index is 14.0. The largest absolute Gasteiger partial charge is 0.344 e. The van der Waals surface area contributed by atoms with Crippen molar-refractivity contribution in [2.45, 2.75) is 64.1 Å². The summed E-state index contributed by atoms with van der Waals surface area (Å²) in [6.45, 7) is 11.5. The van der Waals surface area contributed by atoms with E-state index in [9.17, 15) is 9.59 Å². The average Bonchev–Trinajstić information content (AvgIpc) is 3.01. The number of carbonyl (C=O) groups is 2. The molecule has 3 aliphatic heterocycles. The van der Waals surface area contributed by atoms with Crippen LogP contribution in [0.5, 0.6) is 0 Å². The van der Waals surface area contributed by atoms with Crippen LogP contribution in [0.25, 0.3) is 0 Å². The number of halogens is 1. The van der Waals surface area contributed by atoms with E-state index >= 15 is 0 Å². The summed E-state index contributed by atoms with van der Waals surface area (Å²) in [4.78, 5) is 29.3. The molecule has 2 saturated heterocycles. The van der Waals surface area contributed by atoms with Crippen LogP contribution < -0.4 is 16.0 Å². The third-order valence-corrected chi connectivity index (χ3v) is 9.06. The molecule has 9 heteroatoms. The molecule has 228 valence electrons. The SMILES string of the molecule is CC(C)CN(C1CCNCC1)N1CCN(C(=O)[C@@H](Cc2ccc(Cl)cc2)NC(=O)C[C@H]2NCCc3ccccc32)CC1. The minimum Gasteiger partial charge on any atom is -0.344 e. The van der Waals surface area contributed by atoms with E-state index in [1.165, 1.54) is 11.1 Å². The van der Waals surface area contributed by atoms with Crippen molar-refractivity contribution >= 4 is 23.4 Å². The number of hydrogen-bond acceptors (Lipinski definition) is 6. The fourth-order valence-corrected chi connectivity index (χ4v) is 6.76. The second kappa shape index (κ2) is 14.8. The third-order valence-electron chi connectivity index (χ3n) is 8.80. The molecule has 42 heavy (non-hydrogen) atoms. The first-order valence-electron chi connectivity index (χ1n) is 15.7. The molecule has 3 N–H and O–H groups in total. The Morgan fingerprint density at radius 1 is 1.00 bits per heavy atom. The molecule has 2 aromatic carbocycles. The molecule has 0 bridgehead atoms. The van der Waals surface area contributed by atoms with Crippen molar-refractivity contribution < 1.29 is 9.59 Å². The van der Waals surface area contributed by atoms with Gasteiger partial charge < -0.3 is 20.9 Å². The number of fused-ring (bicyclic) bond motifs is 1. The van der Waals surface area contributed by atoms with Crippen LogP contribution in [0.3, 0.4) is 0 Å². The minimum atomic E-state index is -0.625. The summed E-state index contributed by atoms with van der Waals surface area (Å²) in [6.07, 6.45) is 4.01. The zero-order valence-electron chi connectivity index (χ0n) is 25.2. The molecule has 0 radical (unpaired) electrons. The fourth-order valence-electron chi connectivity index (χ4n) is 6.64. The summed E-state index contributed by atoms with van der Waals surface area (Å²) < 4.78 is 0. The Hall–Kier alpha value is -2.49. The van der Waals surface area contributed by atoms with Crippen LogP contribution in [0.2, 0.25) is 5.02 Å². The number of nitrogens with zero attached hydrogens (tertiary/aromatic N) is 3. The molecule has 3 heterocycles. The van der Waals surface area contributed by atoms with Gasteiger partial charge in [0.15, 0.2) is 0 Å². The predicted molar refractivity (Wildman–Crippen MR) is 168 cm³/mol. The van der Waals surface area contributed by atoms with Crippen LogP contribution in [0.15, 0.2) is 48.5 Å². The molecule has 0 aliphatic carbocycles. The lowest BCUT2D eigenvalue weighted by atomic mass is 9.92. The number of nitrogens with one attached hydrogen (secondary N) is 3. The maximum absolute atomic E-state index is 14.0. The lowest BCUT2D eigenvalue weighted by molar-refractivity contribution is -0.144. The first-order chi connectivity index (χ1) is 20.4. The molecule has 2 aromatic rings. The van der Waals surface area contributed by atoms with Crippen molar-refractivity contribution in [1.29, 1.82) is 0 Å². The van der Waals surface area contributed by atoms with Crippen molar-refractivity contribution in [1.82, 2.24) is 30.9 Å². The van der Waals surface area contributed by atoms with Gasteiger partial charge in [-0.3, -0.25) is 9.59 Å². The standard InChI is InChI=1S/C33H47ClN6O2/c1-24(2)23-40(28-12-14-35-15-13-28)39-19-17-38(18-20-39)33(42)31(21-25-7-9-27(34)10-8-25)37-32(41)22-30-29-6-4-3-5-26(29)11-16-36-30/h3-10,24,28,30-31,35-36H,11-23H2,1-2H3,(H,37,41)/t30-,31-/m1/s1. The number of piperidine rings is 1. The van der Waals surface area contributed by atoms with Gasteiger partial charge in [0.2, 0.25) is 11.8 Å². The van der Waals surface area contributed by atoms with E-state index in [-0.39, 0.29) is 17.9 Å². The Kier molecular flexibility index (Phi) is 10.9. The zero-order chi connectivity index (χ0) is 29.5. The molecule has 2 atom stereocenters. The van der Waals surface area contributed by atoms with E-state index in [1.54, 1.807) is 0 Å². The highest BCUT2D eigenvalue weighted by molar-refractivity contribution is 6.30. The Morgan fingerprint density at radius 3 is 2.43 bits per heavy atom. The molecule has 0 aromatic heterocycles. The van der Waals surface area contributed by atoms with Gasteiger partial charge in [0, 0.05) is 62.7 Å². The zero-order valence-corrected chi connectivity index (χ0v) is 25.9. The molecule has 2 amide bonds. The van der Waals surface area contributed by atoms with Crippen molar-refractivity contribution in [3.8, 4) is 0 Å². The average molecular weight is 595 g/mol. The number of rotatable bonds is 10. The molecule has 0 unspecified atom stereocenters. The number of piperazine rings is 1. The Labute approximate surface area is 256 Å². The first kappa shape index (κ1) is 31.0. The van der Waals surface area contributed by atoms with Crippen LogP contribution in [-0.2, 0) is 22.4 Å². The lowest BCUT2D eigenvalue weighted by Gasteiger charge is -2.46. The second-order valence-electron chi connectivity index (χ2n) is 12.4.